The number of halogens is 3. The minimum Gasteiger partial charge on any atom is -0.294 e. The molecule has 0 saturated carbocycles. The molecule has 0 spiro atoms. The van der Waals surface area contributed by atoms with E-state index in [9.17, 15) is 13.2 Å². The molecule has 0 radical (unpaired) electrons. The van der Waals surface area contributed by atoms with E-state index in [4.69, 9.17) is 0 Å². The monoisotopic (exact) mass is 265 g/mol. The molecule has 1 rings (SSSR count). The second-order valence-corrected chi connectivity index (χ2v) is 7.46. The molecule has 1 heterocycles. The van der Waals surface area contributed by atoms with Gasteiger partial charge < -0.3 is 0 Å². The molecular formula is C14H26F3N. The Morgan fingerprint density at radius 2 is 1.44 bits per heavy atom. The van der Waals surface area contributed by atoms with Crippen LogP contribution in [0.15, 0.2) is 0 Å². The average Bonchev–Trinajstić information content (AvgIpc) is 1.90. The van der Waals surface area contributed by atoms with Crippen molar-refractivity contribution in [3.63, 3.8) is 0 Å². The standard InChI is InChI=1S/C14H26F3N/c1-10(2)11-12(3,4)7-18(8-13(11,5)6)9-14(15,16)17/h10-11H,7-9H2,1-6H3. The van der Waals surface area contributed by atoms with Gasteiger partial charge in [0.05, 0.1) is 6.54 Å². The first-order valence-corrected chi connectivity index (χ1v) is 6.64. The summed E-state index contributed by atoms with van der Waals surface area (Å²) in [6, 6.07) is 0. The minimum absolute atomic E-state index is 0.0822. The Hall–Kier alpha value is -0.250. The highest BCUT2D eigenvalue weighted by Gasteiger charge is 2.49. The third-order valence-corrected chi connectivity index (χ3v) is 4.02. The van der Waals surface area contributed by atoms with Crippen LogP contribution in [-0.2, 0) is 0 Å². The molecule has 1 nitrogen and oxygen atoms in total. The number of hydrogen-bond donors (Lipinski definition) is 0. The van der Waals surface area contributed by atoms with Crippen molar-refractivity contribution in [3.05, 3.63) is 0 Å². The Labute approximate surface area is 109 Å². The fraction of sp³-hybridized carbons (Fsp3) is 1.00. The number of alkyl halides is 3. The van der Waals surface area contributed by atoms with Crippen LogP contribution in [-0.4, -0.2) is 30.7 Å². The van der Waals surface area contributed by atoms with Crippen LogP contribution in [0.2, 0.25) is 0 Å². The van der Waals surface area contributed by atoms with Crippen molar-refractivity contribution in [2.24, 2.45) is 22.7 Å². The van der Waals surface area contributed by atoms with E-state index >= 15 is 0 Å². The SMILES string of the molecule is CC(C)C1C(C)(C)CN(CC(F)(F)F)CC1(C)C. The van der Waals surface area contributed by atoms with Gasteiger partial charge in [-0.15, -0.1) is 0 Å². The van der Waals surface area contributed by atoms with E-state index in [-0.39, 0.29) is 10.8 Å². The molecule has 1 aliphatic rings. The first-order valence-electron chi connectivity index (χ1n) is 6.64. The van der Waals surface area contributed by atoms with Gasteiger partial charge in [0.1, 0.15) is 0 Å². The number of nitrogens with zero attached hydrogens (tertiary/aromatic N) is 1. The van der Waals surface area contributed by atoms with Gasteiger partial charge in [-0.3, -0.25) is 4.90 Å². The van der Waals surface area contributed by atoms with Gasteiger partial charge in [0.15, 0.2) is 0 Å². The summed E-state index contributed by atoms with van der Waals surface area (Å²) in [6.07, 6.45) is -4.10. The van der Waals surface area contributed by atoms with Crippen molar-refractivity contribution >= 4 is 0 Å². The third-order valence-electron chi connectivity index (χ3n) is 4.02. The summed E-state index contributed by atoms with van der Waals surface area (Å²) < 4.78 is 37.7. The maximum atomic E-state index is 12.6. The van der Waals surface area contributed by atoms with Gasteiger partial charge in [-0.1, -0.05) is 41.5 Å². The van der Waals surface area contributed by atoms with Crippen LogP contribution in [0, 0.1) is 22.7 Å². The number of hydrogen-bond acceptors (Lipinski definition) is 1. The van der Waals surface area contributed by atoms with E-state index < -0.39 is 12.7 Å². The summed E-state index contributed by atoms with van der Waals surface area (Å²) in [4.78, 5) is 1.57. The van der Waals surface area contributed by atoms with E-state index in [0.717, 1.165) is 0 Å². The second-order valence-electron chi connectivity index (χ2n) is 7.46. The van der Waals surface area contributed by atoms with Crippen molar-refractivity contribution in [2.45, 2.75) is 47.7 Å². The first kappa shape index (κ1) is 15.8. The third kappa shape index (κ3) is 3.62. The van der Waals surface area contributed by atoms with Gasteiger partial charge >= 0.3 is 6.18 Å². The molecule has 0 aliphatic carbocycles. The topological polar surface area (TPSA) is 3.24 Å². The quantitative estimate of drug-likeness (QED) is 0.723. The molecule has 1 saturated heterocycles. The lowest BCUT2D eigenvalue weighted by Crippen LogP contribution is -2.58. The molecule has 0 amide bonds. The van der Waals surface area contributed by atoms with E-state index in [0.29, 0.717) is 24.9 Å². The lowest BCUT2D eigenvalue weighted by atomic mass is 9.57. The minimum atomic E-state index is -4.10. The fourth-order valence-corrected chi connectivity index (χ4v) is 4.63. The molecule has 4 heteroatoms. The van der Waals surface area contributed by atoms with Crippen molar-refractivity contribution in [1.29, 1.82) is 0 Å². The van der Waals surface area contributed by atoms with E-state index in [1.54, 1.807) is 4.90 Å². The molecule has 0 aromatic rings. The zero-order chi connectivity index (χ0) is 14.4. The fourth-order valence-electron chi connectivity index (χ4n) is 4.63. The summed E-state index contributed by atoms with van der Waals surface area (Å²) in [6.45, 7) is 13.0. The number of likely N-dealkylation sites (tertiary alicyclic amines) is 1. The van der Waals surface area contributed by atoms with Crippen LogP contribution in [0.5, 0.6) is 0 Å². The second kappa shape index (κ2) is 4.69. The normalized spacial score (nSPS) is 25.7. The van der Waals surface area contributed by atoms with Gasteiger partial charge in [0, 0.05) is 13.1 Å². The van der Waals surface area contributed by atoms with Crippen LogP contribution in [0.1, 0.15) is 41.5 Å². The Morgan fingerprint density at radius 1 is 1.06 bits per heavy atom. The molecule has 0 bridgehead atoms. The van der Waals surface area contributed by atoms with Gasteiger partial charge in [0.2, 0.25) is 0 Å². The molecule has 108 valence electrons. The highest BCUT2D eigenvalue weighted by molar-refractivity contribution is 4.98. The van der Waals surface area contributed by atoms with Gasteiger partial charge in [0.25, 0.3) is 0 Å². The van der Waals surface area contributed by atoms with E-state index in [1.165, 1.54) is 0 Å². The molecular weight excluding hydrogens is 239 g/mol. The zero-order valence-electron chi connectivity index (χ0n) is 12.4. The molecule has 18 heavy (non-hydrogen) atoms. The lowest BCUT2D eigenvalue weighted by molar-refractivity contribution is -0.168. The number of piperidine rings is 1. The molecule has 1 fully saturated rings. The average molecular weight is 265 g/mol. The summed E-state index contributed by atoms with van der Waals surface area (Å²) in [7, 11) is 0. The van der Waals surface area contributed by atoms with Gasteiger partial charge in [-0.25, -0.2) is 0 Å². The van der Waals surface area contributed by atoms with Crippen molar-refractivity contribution < 1.29 is 13.2 Å². The predicted octanol–water partition coefficient (Wildman–Crippen LogP) is 4.19. The molecule has 0 unspecified atom stereocenters. The van der Waals surface area contributed by atoms with Crippen molar-refractivity contribution in [1.82, 2.24) is 4.90 Å². The van der Waals surface area contributed by atoms with E-state index in [1.807, 2.05) is 0 Å². The summed E-state index contributed by atoms with van der Waals surface area (Å²) in [5.74, 6) is 0.928. The molecule has 0 atom stereocenters. The van der Waals surface area contributed by atoms with Gasteiger partial charge in [-0.2, -0.15) is 13.2 Å². The summed E-state index contributed by atoms with van der Waals surface area (Å²) in [5.41, 5.74) is -0.164. The highest BCUT2D eigenvalue weighted by atomic mass is 19.4. The first-order chi connectivity index (χ1) is 7.85. The Kier molecular flexibility index (Phi) is 4.12. The van der Waals surface area contributed by atoms with E-state index in [2.05, 4.69) is 41.5 Å². The highest BCUT2D eigenvalue weighted by Crippen LogP contribution is 2.49. The van der Waals surface area contributed by atoms with Crippen LogP contribution in [0.3, 0.4) is 0 Å². The maximum absolute atomic E-state index is 12.6. The van der Waals surface area contributed by atoms with Crippen molar-refractivity contribution in [3.8, 4) is 0 Å². The number of rotatable bonds is 2. The van der Waals surface area contributed by atoms with Crippen LogP contribution in [0.4, 0.5) is 13.2 Å². The van der Waals surface area contributed by atoms with Crippen LogP contribution >= 0.6 is 0 Å². The largest absolute Gasteiger partial charge is 0.401 e. The Balaban J connectivity index is 2.91. The molecule has 1 aliphatic heterocycles. The molecule has 0 aromatic carbocycles. The molecule has 0 aromatic heterocycles. The smallest absolute Gasteiger partial charge is 0.294 e. The van der Waals surface area contributed by atoms with Gasteiger partial charge in [-0.05, 0) is 22.7 Å². The summed E-state index contributed by atoms with van der Waals surface area (Å²) >= 11 is 0. The lowest BCUT2D eigenvalue weighted by Gasteiger charge is -2.55. The van der Waals surface area contributed by atoms with Crippen LogP contribution < -0.4 is 0 Å². The Bertz CT molecular complexity index is 274. The molecule has 0 N–H and O–H groups in total. The van der Waals surface area contributed by atoms with Crippen molar-refractivity contribution in [2.75, 3.05) is 19.6 Å². The maximum Gasteiger partial charge on any atom is 0.401 e. The van der Waals surface area contributed by atoms with Crippen LogP contribution in [0.25, 0.3) is 0 Å². The zero-order valence-corrected chi connectivity index (χ0v) is 12.4. The predicted molar refractivity (Wildman–Crippen MR) is 68.4 cm³/mol. The Morgan fingerprint density at radius 3 is 1.72 bits per heavy atom. The summed E-state index contributed by atoms with van der Waals surface area (Å²) in [5, 5.41) is 0.